The van der Waals surface area contributed by atoms with Crippen molar-refractivity contribution in [3.8, 4) is 0 Å². The number of carbonyl (C=O) groups is 2. The van der Waals surface area contributed by atoms with Crippen molar-refractivity contribution >= 4 is 11.9 Å². The molecule has 2 atom stereocenters. The second-order valence-electron chi connectivity index (χ2n) is 5.94. The molecular formula is C14H26N2O3. The highest BCUT2D eigenvalue weighted by atomic mass is 16.4. The minimum absolute atomic E-state index is 0.00462. The fraction of sp³-hybridized carbons (Fsp3) is 0.857. The minimum Gasteiger partial charge on any atom is -0.481 e. The van der Waals surface area contributed by atoms with Gasteiger partial charge in [-0.1, -0.05) is 20.8 Å². The fourth-order valence-electron chi connectivity index (χ4n) is 2.64. The molecule has 1 aliphatic rings. The lowest BCUT2D eigenvalue weighted by Gasteiger charge is -2.26. The molecule has 0 aromatic carbocycles. The number of carbonyl (C=O) groups excluding carboxylic acids is 1. The van der Waals surface area contributed by atoms with E-state index in [0.29, 0.717) is 18.9 Å². The van der Waals surface area contributed by atoms with Crippen molar-refractivity contribution in [2.75, 3.05) is 19.6 Å². The van der Waals surface area contributed by atoms with Gasteiger partial charge < -0.3 is 15.7 Å². The third-order valence-electron chi connectivity index (χ3n) is 4.02. The van der Waals surface area contributed by atoms with Crippen molar-refractivity contribution in [3.05, 3.63) is 0 Å². The monoisotopic (exact) mass is 270 g/mol. The maximum Gasteiger partial charge on any atom is 0.308 e. The quantitative estimate of drug-likeness (QED) is 0.650. The molecule has 1 aliphatic heterocycles. The molecule has 1 fully saturated rings. The highest BCUT2D eigenvalue weighted by molar-refractivity contribution is 5.83. The van der Waals surface area contributed by atoms with E-state index < -0.39 is 11.9 Å². The van der Waals surface area contributed by atoms with Crippen LogP contribution in [0.25, 0.3) is 0 Å². The van der Waals surface area contributed by atoms with Gasteiger partial charge in [-0.15, -0.1) is 0 Å². The Morgan fingerprint density at radius 3 is 2.53 bits per heavy atom. The van der Waals surface area contributed by atoms with E-state index in [2.05, 4.69) is 10.6 Å². The molecule has 1 saturated heterocycles. The summed E-state index contributed by atoms with van der Waals surface area (Å²) >= 11 is 0. The van der Waals surface area contributed by atoms with E-state index in [1.165, 1.54) is 0 Å². The van der Waals surface area contributed by atoms with Gasteiger partial charge in [-0.05, 0) is 31.7 Å². The average molecular weight is 270 g/mol. The topological polar surface area (TPSA) is 78.4 Å². The molecule has 1 rings (SSSR count). The smallest absolute Gasteiger partial charge is 0.308 e. The van der Waals surface area contributed by atoms with Crippen molar-refractivity contribution in [3.63, 3.8) is 0 Å². The molecule has 19 heavy (non-hydrogen) atoms. The van der Waals surface area contributed by atoms with Crippen molar-refractivity contribution in [1.82, 2.24) is 10.6 Å². The number of hydrogen-bond acceptors (Lipinski definition) is 3. The van der Waals surface area contributed by atoms with Crippen LogP contribution in [0.15, 0.2) is 0 Å². The van der Waals surface area contributed by atoms with Crippen molar-refractivity contribution in [2.45, 2.75) is 40.0 Å². The zero-order valence-electron chi connectivity index (χ0n) is 12.2. The van der Waals surface area contributed by atoms with Crippen LogP contribution in [0.5, 0.6) is 0 Å². The van der Waals surface area contributed by atoms with E-state index in [0.717, 1.165) is 19.4 Å². The molecule has 0 aromatic rings. The lowest BCUT2D eigenvalue weighted by atomic mass is 9.83. The number of rotatable bonds is 7. The number of amides is 1. The SMILES string of the molecule is CCC1(C(=O)NCC(CC(C)C)C(=O)O)CCNC1. The van der Waals surface area contributed by atoms with E-state index in [1.807, 2.05) is 20.8 Å². The number of aliphatic carboxylic acids is 1. The van der Waals surface area contributed by atoms with Crippen LogP contribution in [0.1, 0.15) is 40.0 Å². The van der Waals surface area contributed by atoms with Crippen molar-refractivity contribution in [2.24, 2.45) is 17.3 Å². The van der Waals surface area contributed by atoms with Crippen LogP contribution >= 0.6 is 0 Å². The molecule has 0 spiro atoms. The first kappa shape index (κ1) is 16.0. The molecule has 0 bridgehead atoms. The Morgan fingerprint density at radius 1 is 1.42 bits per heavy atom. The Bertz CT molecular complexity index is 323. The standard InChI is InChI=1S/C14H26N2O3/c1-4-14(5-6-15-9-14)13(19)16-8-11(12(17)18)7-10(2)3/h10-11,15H,4-9H2,1-3H3,(H,16,19)(H,17,18). The lowest BCUT2D eigenvalue weighted by Crippen LogP contribution is -2.44. The summed E-state index contributed by atoms with van der Waals surface area (Å²) in [5.74, 6) is -1.02. The van der Waals surface area contributed by atoms with Crippen LogP contribution in [-0.2, 0) is 9.59 Å². The largest absolute Gasteiger partial charge is 0.481 e. The molecular weight excluding hydrogens is 244 g/mol. The predicted octanol–water partition coefficient (Wildman–Crippen LogP) is 1.24. The summed E-state index contributed by atoms with van der Waals surface area (Å²) < 4.78 is 0. The van der Waals surface area contributed by atoms with Gasteiger partial charge in [0.25, 0.3) is 0 Å². The Hall–Kier alpha value is -1.10. The second-order valence-corrected chi connectivity index (χ2v) is 5.94. The van der Waals surface area contributed by atoms with E-state index in [1.54, 1.807) is 0 Å². The van der Waals surface area contributed by atoms with Gasteiger partial charge in [-0.3, -0.25) is 9.59 Å². The lowest BCUT2D eigenvalue weighted by molar-refractivity contribution is -0.142. The van der Waals surface area contributed by atoms with Gasteiger partial charge >= 0.3 is 5.97 Å². The van der Waals surface area contributed by atoms with Crippen LogP contribution in [0.3, 0.4) is 0 Å². The Morgan fingerprint density at radius 2 is 2.11 bits per heavy atom. The number of carboxylic acid groups (broad SMARTS) is 1. The van der Waals surface area contributed by atoms with Gasteiger partial charge in [0.15, 0.2) is 0 Å². The van der Waals surface area contributed by atoms with E-state index in [4.69, 9.17) is 5.11 Å². The molecule has 0 aromatic heterocycles. The van der Waals surface area contributed by atoms with E-state index >= 15 is 0 Å². The molecule has 5 nitrogen and oxygen atoms in total. The van der Waals surface area contributed by atoms with Crippen LogP contribution in [0, 0.1) is 17.3 Å². The summed E-state index contributed by atoms with van der Waals surface area (Å²) in [6.45, 7) is 7.77. The summed E-state index contributed by atoms with van der Waals surface area (Å²) in [4.78, 5) is 23.4. The number of nitrogens with one attached hydrogen (secondary N) is 2. The molecule has 110 valence electrons. The average Bonchev–Trinajstić information content (AvgIpc) is 2.83. The number of hydrogen-bond donors (Lipinski definition) is 3. The summed E-state index contributed by atoms with van der Waals surface area (Å²) in [6, 6.07) is 0. The first-order chi connectivity index (χ1) is 8.91. The highest BCUT2D eigenvalue weighted by Gasteiger charge is 2.39. The highest BCUT2D eigenvalue weighted by Crippen LogP contribution is 2.29. The maximum atomic E-state index is 12.3. The number of carboxylic acids is 1. The van der Waals surface area contributed by atoms with Gasteiger partial charge in [0.2, 0.25) is 5.91 Å². The van der Waals surface area contributed by atoms with Crippen molar-refractivity contribution in [1.29, 1.82) is 0 Å². The first-order valence-corrected chi connectivity index (χ1v) is 7.13. The fourth-order valence-corrected chi connectivity index (χ4v) is 2.64. The molecule has 5 heteroatoms. The Kier molecular flexibility index (Phi) is 5.79. The van der Waals surface area contributed by atoms with Crippen molar-refractivity contribution < 1.29 is 14.7 Å². The molecule has 0 saturated carbocycles. The van der Waals surface area contributed by atoms with Crippen LogP contribution in [0.2, 0.25) is 0 Å². The van der Waals surface area contributed by atoms with E-state index in [9.17, 15) is 9.59 Å². The van der Waals surface area contributed by atoms with Gasteiger partial charge in [0, 0.05) is 13.1 Å². The summed E-state index contributed by atoms with van der Waals surface area (Å²) in [5, 5.41) is 15.2. The third-order valence-corrected chi connectivity index (χ3v) is 4.02. The van der Waals surface area contributed by atoms with Gasteiger partial charge in [-0.25, -0.2) is 0 Å². The third kappa shape index (κ3) is 4.20. The van der Waals surface area contributed by atoms with Crippen LogP contribution in [-0.4, -0.2) is 36.6 Å². The normalized spacial score (nSPS) is 24.4. The maximum absolute atomic E-state index is 12.3. The second kappa shape index (κ2) is 6.89. The van der Waals surface area contributed by atoms with Gasteiger partial charge in [0.1, 0.15) is 0 Å². The molecule has 3 N–H and O–H groups in total. The molecule has 1 heterocycles. The van der Waals surface area contributed by atoms with Gasteiger partial charge in [-0.2, -0.15) is 0 Å². The zero-order valence-corrected chi connectivity index (χ0v) is 12.2. The summed E-state index contributed by atoms with van der Waals surface area (Å²) in [5.41, 5.74) is -0.346. The van der Waals surface area contributed by atoms with E-state index in [-0.39, 0.29) is 17.9 Å². The van der Waals surface area contributed by atoms with Crippen LogP contribution in [0.4, 0.5) is 0 Å². The van der Waals surface area contributed by atoms with Gasteiger partial charge in [0.05, 0.1) is 11.3 Å². The zero-order chi connectivity index (χ0) is 14.5. The minimum atomic E-state index is -0.830. The molecule has 0 radical (unpaired) electrons. The molecule has 1 amide bonds. The molecule has 0 aliphatic carbocycles. The Balaban J connectivity index is 2.53. The molecule has 2 unspecified atom stereocenters. The first-order valence-electron chi connectivity index (χ1n) is 7.13. The summed E-state index contributed by atoms with van der Waals surface area (Å²) in [7, 11) is 0. The Labute approximate surface area is 115 Å². The predicted molar refractivity (Wildman–Crippen MR) is 73.8 cm³/mol. The summed E-state index contributed by atoms with van der Waals surface area (Å²) in [6.07, 6.45) is 2.21. The van der Waals surface area contributed by atoms with Crippen LogP contribution < -0.4 is 10.6 Å².